The first-order valence-corrected chi connectivity index (χ1v) is 9.80. The molecule has 2 heterocycles. The summed E-state index contributed by atoms with van der Waals surface area (Å²) in [6.45, 7) is 7.60. The van der Waals surface area contributed by atoms with Crippen molar-refractivity contribution in [2.75, 3.05) is 10.0 Å². The Morgan fingerprint density at radius 2 is 2.00 bits per heavy atom. The monoisotopic (exact) mass is 365 g/mol. The summed E-state index contributed by atoms with van der Waals surface area (Å²) in [6.07, 6.45) is 0.321. The molecule has 2 aromatic rings. The maximum Gasteiger partial charge on any atom is 0.263 e. The van der Waals surface area contributed by atoms with Gasteiger partial charge in [-0.1, -0.05) is 13.8 Å². The molecule has 0 fully saturated rings. The van der Waals surface area contributed by atoms with Crippen molar-refractivity contribution in [1.29, 1.82) is 0 Å². The van der Waals surface area contributed by atoms with Gasteiger partial charge in [0.2, 0.25) is 5.91 Å². The van der Waals surface area contributed by atoms with Gasteiger partial charge in [-0.05, 0) is 37.6 Å². The highest BCUT2D eigenvalue weighted by Crippen LogP contribution is 2.38. The Morgan fingerprint density at radius 3 is 2.62 bits per heavy atom. The van der Waals surface area contributed by atoms with Gasteiger partial charge >= 0.3 is 0 Å². The molecule has 128 valence electrons. The molecule has 1 aliphatic rings. The predicted octanol–water partition coefficient (Wildman–Crippen LogP) is 3.18. The molecular formula is C16H19N3O3S2. The Bertz CT molecular complexity index is 911. The molecule has 0 unspecified atom stereocenters. The quantitative estimate of drug-likeness (QED) is 0.874. The molecular weight excluding hydrogens is 346 g/mol. The smallest absolute Gasteiger partial charge is 0.263 e. The summed E-state index contributed by atoms with van der Waals surface area (Å²) >= 11 is 1.31. The minimum Gasteiger partial charge on any atom is -0.326 e. The van der Waals surface area contributed by atoms with Gasteiger partial charge in [0.05, 0.1) is 10.6 Å². The van der Waals surface area contributed by atoms with Gasteiger partial charge in [-0.25, -0.2) is 13.4 Å². The first-order valence-electron chi connectivity index (χ1n) is 7.50. The van der Waals surface area contributed by atoms with E-state index < -0.39 is 15.4 Å². The zero-order valence-corrected chi connectivity index (χ0v) is 15.6. The molecule has 0 radical (unpaired) electrons. The van der Waals surface area contributed by atoms with Crippen LogP contribution in [0.1, 0.15) is 36.4 Å². The predicted molar refractivity (Wildman–Crippen MR) is 95.1 cm³/mol. The number of rotatable bonds is 3. The highest BCUT2D eigenvalue weighted by atomic mass is 32.2. The number of hydrogen-bond acceptors (Lipinski definition) is 5. The number of nitrogens with one attached hydrogen (secondary N) is 2. The lowest BCUT2D eigenvalue weighted by molar-refractivity contribution is -0.117. The Hall–Kier alpha value is -1.93. The average molecular weight is 365 g/mol. The number of benzene rings is 1. The second kappa shape index (κ2) is 5.56. The van der Waals surface area contributed by atoms with E-state index in [1.165, 1.54) is 17.4 Å². The average Bonchev–Trinajstić information content (AvgIpc) is 2.74. The van der Waals surface area contributed by atoms with E-state index in [0.29, 0.717) is 17.2 Å². The van der Waals surface area contributed by atoms with E-state index >= 15 is 0 Å². The summed E-state index contributed by atoms with van der Waals surface area (Å²) in [5, 5.41) is 3.15. The third kappa shape index (κ3) is 3.03. The Balaban J connectivity index is 1.99. The van der Waals surface area contributed by atoms with Crippen LogP contribution in [-0.4, -0.2) is 19.3 Å². The fourth-order valence-electron chi connectivity index (χ4n) is 2.74. The van der Waals surface area contributed by atoms with Gasteiger partial charge in [0.1, 0.15) is 0 Å². The van der Waals surface area contributed by atoms with Crippen molar-refractivity contribution in [3.8, 4) is 0 Å². The van der Waals surface area contributed by atoms with Gasteiger partial charge in [-0.2, -0.15) is 0 Å². The fourth-order valence-corrected chi connectivity index (χ4v) is 4.82. The summed E-state index contributed by atoms with van der Waals surface area (Å²) in [4.78, 5) is 17.1. The number of sulfonamides is 1. The van der Waals surface area contributed by atoms with Crippen molar-refractivity contribution in [3.05, 3.63) is 34.3 Å². The number of hydrogen-bond donors (Lipinski definition) is 2. The van der Waals surface area contributed by atoms with Crippen LogP contribution in [0.3, 0.4) is 0 Å². The van der Waals surface area contributed by atoms with Crippen molar-refractivity contribution < 1.29 is 13.2 Å². The number of carbonyl (C=O) groups is 1. The van der Waals surface area contributed by atoms with Gasteiger partial charge in [-0.15, -0.1) is 11.3 Å². The van der Waals surface area contributed by atoms with Crippen LogP contribution in [0.15, 0.2) is 23.1 Å². The third-order valence-corrected chi connectivity index (χ3v) is 6.61. The highest BCUT2D eigenvalue weighted by Gasteiger charge is 2.33. The lowest BCUT2D eigenvalue weighted by Crippen LogP contribution is -2.32. The van der Waals surface area contributed by atoms with Gasteiger partial charge in [0.25, 0.3) is 10.0 Å². The number of nitrogens with zero attached hydrogens (tertiary/aromatic N) is 1. The van der Waals surface area contributed by atoms with Crippen LogP contribution < -0.4 is 10.0 Å². The van der Waals surface area contributed by atoms with Gasteiger partial charge in [0, 0.05) is 22.4 Å². The summed E-state index contributed by atoms with van der Waals surface area (Å²) in [5.74, 6) is -0.0602. The van der Waals surface area contributed by atoms with Crippen molar-refractivity contribution in [2.24, 2.45) is 0 Å². The van der Waals surface area contributed by atoms with Crippen molar-refractivity contribution >= 4 is 38.1 Å². The molecule has 24 heavy (non-hydrogen) atoms. The van der Waals surface area contributed by atoms with Gasteiger partial charge in [0.15, 0.2) is 5.13 Å². The van der Waals surface area contributed by atoms with Crippen LogP contribution in [0.4, 0.5) is 10.8 Å². The van der Waals surface area contributed by atoms with E-state index in [2.05, 4.69) is 15.0 Å². The molecule has 1 aromatic heterocycles. The van der Waals surface area contributed by atoms with Gasteiger partial charge in [-0.3, -0.25) is 9.52 Å². The summed E-state index contributed by atoms with van der Waals surface area (Å²) < 4.78 is 27.8. The van der Waals surface area contributed by atoms with E-state index in [9.17, 15) is 13.2 Å². The molecule has 0 spiro atoms. The highest BCUT2D eigenvalue weighted by molar-refractivity contribution is 7.93. The van der Waals surface area contributed by atoms with Crippen molar-refractivity contribution in [2.45, 2.75) is 44.4 Å². The molecule has 8 heteroatoms. The maximum atomic E-state index is 12.7. The summed E-state index contributed by atoms with van der Waals surface area (Å²) in [6, 6.07) is 4.77. The van der Waals surface area contributed by atoms with Crippen molar-refractivity contribution in [1.82, 2.24) is 4.98 Å². The molecule has 0 saturated carbocycles. The third-order valence-electron chi connectivity index (χ3n) is 4.16. The Morgan fingerprint density at radius 1 is 1.29 bits per heavy atom. The first-order chi connectivity index (χ1) is 11.1. The number of carbonyl (C=O) groups excluding carboxylic acids is 1. The van der Waals surface area contributed by atoms with Crippen LogP contribution in [-0.2, 0) is 20.2 Å². The molecule has 2 N–H and O–H groups in total. The van der Waals surface area contributed by atoms with Crippen LogP contribution in [0.25, 0.3) is 0 Å². The van der Waals surface area contributed by atoms with E-state index in [4.69, 9.17) is 0 Å². The summed E-state index contributed by atoms with van der Waals surface area (Å²) in [7, 11) is -3.73. The van der Waals surface area contributed by atoms with Crippen LogP contribution in [0.5, 0.6) is 0 Å². The topological polar surface area (TPSA) is 88.2 Å². The largest absolute Gasteiger partial charge is 0.326 e. The second-order valence-electron chi connectivity index (χ2n) is 6.58. The van der Waals surface area contributed by atoms with E-state index in [-0.39, 0.29) is 10.8 Å². The lowest BCUT2D eigenvalue weighted by Gasteiger charge is -2.32. The molecule has 0 aliphatic carbocycles. The number of aryl methyl sites for hydroxylation is 2. The van der Waals surface area contributed by atoms with E-state index in [1.54, 1.807) is 12.1 Å². The molecule has 1 aliphatic heterocycles. The van der Waals surface area contributed by atoms with Crippen molar-refractivity contribution in [3.63, 3.8) is 0 Å². The fraction of sp³-hybridized carbons (Fsp3) is 0.375. The molecule has 0 saturated heterocycles. The van der Waals surface area contributed by atoms with Crippen LogP contribution in [0, 0.1) is 13.8 Å². The Kier molecular flexibility index (Phi) is 3.92. The normalized spacial score (nSPS) is 16.4. The SMILES string of the molecule is Cc1nc(NS(=O)(=O)c2ccc3c(c2)C(C)(C)CC(=O)N3)sc1C. The zero-order valence-electron chi connectivity index (χ0n) is 13.9. The molecule has 1 amide bonds. The number of fused-ring (bicyclic) bond motifs is 1. The second-order valence-corrected chi connectivity index (χ2v) is 9.47. The number of thiazole rings is 1. The van der Waals surface area contributed by atoms with Gasteiger partial charge < -0.3 is 5.32 Å². The lowest BCUT2D eigenvalue weighted by atomic mass is 9.78. The standard InChI is InChI=1S/C16H19N3O3S2/c1-9-10(2)23-15(17-9)19-24(21,22)11-5-6-13-12(7-11)16(3,4)8-14(20)18-13/h5-7H,8H2,1-4H3,(H,17,19)(H,18,20). The molecule has 6 nitrogen and oxygen atoms in total. The molecule has 0 atom stereocenters. The number of amides is 1. The van der Waals surface area contributed by atoms with E-state index in [0.717, 1.165) is 16.1 Å². The van der Waals surface area contributed by atoms with E-state index in [1.807, 2.05) is 27.7 Å². The zero-order chi connectivity index (χ0) is 17.7. The number of aromatic nitrogens is 1. The van der Waals surface area contributed by atoms with Crippen LogP contribution >= 0.6 is 11.3 Å². The Labute approximate surface area is 145 Å². The maximum absolute atomic E-state index is 12.7. The molecule has 3 rings (SSSR count). The number of anilines is 2. The molecule has 1 aromatic carbocycles. The molecule has 0 bridgehead atoms. The minimum atomic E-state index is -3.73. The van der Waals surface area contributed by atoms with Crippen LogP contribution in [0.2, 0.25) is 0 Å². The summed E-state index contributed by atoms with van der Waals surface area (Å²) in [5.41, 5.74) is 1.87. The minimum absolute atomic E-state index is 0.0602. The first kappa shape index (κ1) is 16.9.